The molecule has 2 N–H and O–H groups in total. The van der Waals surface area contributed by atoms with Crippen LogP contribution in [-0.4, -0.2) is 13.4 Å². The molecular formula is C14H12N2O2S2. The standard InChI is InChI=1S/C14H12N2O2S2/c15-12-6-5-10(14-11(12)3-1-7-16-14)9-20(17,18)13-4-2-8-19-13/h1-8H,9,15H2. The first kappa shape index (κ1) is 13.1. The van der Waals surface area contributed by atoms with Crippen LogP contribution in [0.5, 0.6) is 0 Å². The van der Waals surface area contributed by atoms with E-state index in [9.17, 15) is 8.42 Å². The van der Waals surface area contributed by atoms with Gasteiger partial charge in [0, 0.05) is 17.3 Å². The number of fused-ring (bicyclic) bond motifs is 1. The average Bonchev–Trinajstić information content (AvgIpc) is 2.97. The van der Waals surface area contributed by atoms with Gasteiger partial charge in [0.1, 0.15) is 4.21 Å². The molecule has 0 unspecified atom stereocenters. The molecular weight excluding hydrogens is 292 g/mol. The number of hydrogen-bond acceptors (Lipinski definition) is 5. The number of nitrogen functional groups attached to an aromatic ring is 1. The molecule has 0 atom stereocenters. The summed E-state index contributed by atoms with van der Waals surface area (Å²) in [6.07, 6.45) is 1.64. The normalized spacial score (nSPS) is 11.8. The van der Waals surface area contributed by atoms with Crippen molar-refractivity contribution in [2.75, 3.05) is 5.73 Å². The summed E-state index contributed by atoms with van der Waals surface area (Å²) in [6, 6.07) is 10.4. The van der Waals surface area contributed by atoms with Gasteiger partial charge in [0.15, 0.2) is 9.84 Å². The van der Waals surface area contributed by atoms with E-state index in [-0.39, 0.29) is 5.75 Å². The van der Waals surface area contributed by atoms with Gasteiger partial charge in [0.25, 0.3) is 0 Å². The van der Waals surface area contributed by atoms with Gasteiger partial charge in [-0.15, -0.1) is 11.3 Å². The van der Waals surface area contributed by atoms with Crippen molar-refractivity contribution in [3.8, 4) is 0 Å². The number of nitrogens with two attached hydrogens (primary N) is 1. The zero-order valence-corrected chi connectivity index (χ0v) is 12.1. The van der Waals surface area contributed by atoms with E-state index >= 15 is 0 Å². The lowest BCUT2D eigenvalue weighted by atomic mass is 10.1. The van der Waals surface area contributed by atoms with Crippen molar-refractivity contribution in [3.63, 3.8) is 0 Å². The Balaban J connectivity index is 2.11. The quantitative estimate of drug-likeness (QED) is 0.755. The molecule has 0 aliphatic heterocycles. The van der Waals surface area contributed by atoms with Crippen molar-refractivity contribution in [3.05, 3.63) is 53.5 Å². The number of nitrogens with zero attached hydrogens (tertiary/aromatic N) is 1. The zero-order valence-electron chi connectivity index (χ0n) is 10.5. The van der Waals surface area contributed by atoms with Crippen LogP contribution in [0.2, 0.25) is 0 Å². The predicted molar refractivity (Wildman–Crippen MR) is 81.4 cm³/mol. The van der Waals surface area contributed by atoms with Gasteiger partial charge in [0.05, 0.1) is 11.3 Å². The fraction of sp³-hybridized carbons (Fsp3) is 0.0714. The van der Waals surface area contributed by atoms with E-state index in [4.69, 9.17) is 5.73 Å². The second-order valence-corrected chi connectivity index (χ2v) is 7.57. The molecule has 20 heavy (non-hydrogen) atoms. The van der Waals surface area contributed by atoms with Gasteiger partial charge in [-0.1, -0.05) is 12.1 Å². The SMILES string of the molecule is Nc1ccc(CS(=O)(=O)c2cccs2)c2ncccc12. The second-order valence-electron chi connectivity index (χ2n) is 4.40. The molecule has 3 aromatic rings. The topological polar surface area (TPSA) is 73.1 Å². The molecule has 102 valence electrons. The fourth-order valence-electron chi connectivity index (χ4n) is 2.09. The van der Waals surface area contributed by atoms with E-state index in [0.717, 1.165) is 5.39 Å². The number of hydrogen-bond donors (Lipinski definition) is 1. The van der Waals surface area contributed by atoms with E-state index in [1.54, 1.807) is 41.9 Å². The predicted octanol–water partition coefficient (Wildman–Crippen LogP) is 2.85. The number of rotatable bonds is 3. The Bertz CT molecular complexity index is 856. The molecule has 0 amide bonds. The summed E-state index contributed by atoms with van der Waals surface area (Å²) >= 11 is 1.22. The summed E-state index contributed by atoms with van der Waals surface area (Å²) in [4.78, 5) is 4.27. The lowest BCUT2D eigenvalue weighted by molar-refractivity contribution is 0.597. The van der Waals surface area contributed by atoms with Crippen LogP contribution in [0.3, 0.4) is 0 Å². The van der Waals surface area contributed by atoms with Crippen LogP contribution in [0.1, 0.15) is 5.56 Å². The van der Waals surface area contributed by atoms with Crippen molar-refractivity contribution in [2.24, 2.45) is 0 Å². The molecule has 3 rings (SSSR count). The maximum Gasteiger partial charge on any atom is 0.191 e. The molecule has 0 fully saturated rings. The summed E-state index contributed by atoms with van der Waals surface area (Å²) in [5, 5.41) is 2.54. The zero-order chi connectivity index (χ0) is 14.2. The molecule has 2 aromatic heterocycles. The maximum atomic E-state index is 12.3. The van der Waals surface area contributed by atoms with Crippen molar-refractivity contribution >= 4 is 37.8 Å². The first-order valence-electron chi connectivity index (χ1n) is 5.96. The average molecular weight is 304 g/mol. The van der Waals surface area contributed by atoms with E-state index in [1.165, 1.54) is 11.3 Å². The lowest BCUT2D eigenvalue weighted by Crippen LogP contribution is -2.04. The van der Waals surface area contributed by atoms with Gasteiger partial charge in [-0.3, -0.25) is 4.98 Å². The Kier molecular flexibility index (Phi) is 3.19. The first-order valence-corrected chi connectivity index (χ1v) is 8.49. The van der Waals surface area contributed by atoms with E-state index < -0.39 is 9.84 Å². The van der Waals surface area contributed by atoms with Gasteiger partial charge >= 0.3 is 0 Å². The van der Waals surface area contributed by atoms with Gasteiger partial charge in [-0.25, -0.2) is 8.42 Å². The Morgan fingerprint density at radius 3 is 2.75 bits per heavy atom. The van der Waals surface area contributed by atoms with E-state index in [0.29, 0.717) is 21.0 Å². The van der Waals surface area contributed by atoms with E-state index in [2.05, 4.69) is 4.98 Å². The van der Waals surface area contributed by atoms with Crippen LogP contribution in [0.15, 0.2) is 52.2 Å². The molecule has 0 saturated heterocycles. The summed E-state index contributed by atoms with van der Waals surface area (Å²) in [5.74, 6) is -0.0681. The lowest BCUT2D eigenvalue weighted by Gasteiger charge is -2.08. The van der Waals surface area contributed by atoms with Crippen LogP contribution in [0, 0.1) is 0 Å². The third-order valence-electron chi connectivity index (χ3n) is 3.03. The maximum absolute atomic E-state index is 12.3. The van der Waals surface area contributed by atoms with Crippen LogP contribution in [-0.2, 0) is 15.6 Å². The van der Waals surface area contributed by atoms with Crippen LogP contribution >= 0.6 is 11.3 Å². The molecule has 0 bridgehead atoms. The highest BCUT2D eigenvalue weighted by atomic mass is 32.2. The van der Waals surface area contributed by atoms with E-state index in [1.807, 2.05) is 6.07 Å². The van der Waals surface area contributed by atoms with Crippen molar-refractivity contribution in [1.29, 1.82) is 0 Å². The molecule has 4 nitrogen and oxygen atoms in total. The number of sulfone groups is 1. The summed E-state index contributed by atoms with van der Waals surface area (Å²) in [7, 11) is -3.34. The number of benzene rings is 1. The highest BCUT2D eigenvalue weighted by molar-refractivity contribution is 7.92. The third kappa shape index (κ3) is 2.28. The van der Waals surface area contributed by atoms with Crippen LogP contribution in [0.25, 0.3) is 10.9 Å². The van der Waals surface area contributed by atoms with Gasteiger partial charge in [-0.2, -0.15) is 0 Å². The Labute approximate surface area is 120 Å². The van der Waals surface area contributed by atoms with Crippen molar-refractivity contribution in [2.45, 2.75) is 9.96 Å². The monoisotopic (exact) mass is 304 g/mol. The Hall–Kier alpha value is -1.92. The first-order chi connectivity index (χ1) is 9.58. The summed E-state index contributed by atoms with van der Waals surface area (Å²) < 4.78 is 25.1. The smallest absolute Gasteiger partial charge is 0.191 e. The number of thiophene rings is 1. The van der Waals surface area contributed by atoms with Gasteiger partial charge < -0.3 is 5.73 Å². The highest BCUT2D eigenvalue weighted by Crippen LogP contribution is 2.27. The minimum absolute atomic E-state index is 0.0681. The molecule has 0 saturated carbocycles. The minimum atomic E-state index is -3.34. The number of anilines is 1. The van der Waals surface area contributed by atoms with Gasteiger partial charge in [0.2, 0.25) is 0 Å². The Morgan fingerprint density at radius 1 is 1.15 bits per heavy atom. The molecule has 1 aromatic carbocycles. The van der Waals surface area contributed by atoms with Crippen LogP contribution in [0.4, 0.5) is 5.69 Å². The fourth-order valence-corrected chi connectivity index (χ4v) is 4.53. The van der Waals surface area contributed by atoms with Crippen molar-refractivity contribution < 1.29 is 8.42 Å². The molecule has 0 aliphatic carbocycles. The molecule has 6 heteroatoms. The second kappa shape index (κ2) is 4.88. The minimum Gasteiger partial charge on any atom is -0.398 e. The van der Waals surface area contributed by atoms with Crippen LogP contribution < -0.4 is 5.73 Å². The highest BCUT2D eigenvalue weighted by Gasteiger charge is 2.18. The van der Waals surface area contributed by atoms with Gasteiger partial charge in [-0.05, 0) is 35.2 Å². The Morgan fingerprint density at radius 2 is 2.00 bits per heavy atom. The van der Waals surface area contributed by atoms with Crippen molar-refractivity contribution in [1.82, 2.24) is 4.98 Å². The molecule has 0 spiro atoms. The molecule has 2 heterocycles. The number of aromatic nitrogens is 1. The summed E-state index contributed by atoms with van der Waals surface area (Å²) in [6.45, 7) is 0. The third-order valence-corrected chi connectivity index (χ3v) is 6.19. The number of pyridine rings is 1. The molecule has 0 aliphatic rings. The summed E-state index contributed by atoms with van der Waals surface area (Å²) in [5.41, 5.74) is 7.81. The molecule has 0 radical (unpaired) electrons. The largest absolute Gasteiger partial charge is 0.398 e.